The maximum absolute atomic E-state index is 12.4. The molecule has 0 saturated heterocycles. The molecule has 128 valence electrons. The number of benzene rings is 1. The minimum absolute atomic E-state index is 0.0486. The topological polar surface area (TPSA) is 90.1 Å². The van der Waals surface area contributed by atoms with Gasteiger partial charge in [0.25, 0.3) is 11.6 Å². The Morgan fingerprint density at radius 1 is 1.29 bits per heavy atom. The fourth-order valence-electron chi connectivity index (χ4n) is 2.47. The summed E-state index contributed by atoms with van der Waals surface area (Å²) in [5, 5.41) is 18.3. The van der Waals surface area contributed by atoms with Gasteiger partial charge < -0.3 is 5.32 Å². The summed E-state index contributed by atoms with van der Waals surface area (Å²) in [6, 6.07) is 6.36. The van der Waals surface area contributed by atoms with Crippen LogP contribution in [0.1, 0.15) is 56.6 Å². The van der Waals surface area contributed by atoms with Gasteiger partial charge in [-0.1, -0.05) is 26.8 Å². The number of carbonyl (C=O) groups excluding carboxylic acids is 1. The molecule has 1 aromatic carbocycles. The minimum Gasteiger partial charge on any atom is -0.307 e. The number of nitrogens with zero attached hydrogens (tertiary/aromatic N) is 3. The van der Waals surface area contributed by atoms with Crippen LogP contribution in [0.25, 0.3) is 0 Å². The van der Waals surface area contributed by atoms with Crippen molar-refractivity contribution in [1.82, 2.24) is 9.78 Å². The average molecular weight is 330 g/mol. The van der Waals surface area contributed by atoms with Crippen molar-refractivity contribution < 1.29 is 9.72 Å². The Hall–Kier alpha value is -2.70. The molecule has 0 aliphatic rings. The Morgan fingerprint density at radius 2 is 1.96 bits per heavy atom. The molecule has 0 unspecified atom stereocenters. The first-order valence-corrected chi connectivity index (χ1v) is 7.75. The third kappa shape index (κ3) is 3.61. The molecule has 0 atom stereocenters. The first-order chi connectivity index (χ1) is 11.1. The monoisotopic (exact) mass is 330 g/mol. The van der Waals surface area contributed by atoms with Gasteiger partial charge in [-0.2, -0.15) is 5.10 Å². The van der Waals surface area contributed by atoms with Gasteiger partial charge in [0.2, 0.25) is 0 Å². The molecule has 0 fully saturated rings. The summed E-state index contributed by atoms with van der Waals surface area (Å²) in [5.74, 6) is 0.151. The van der Waals surface area contributed by atoms with E-state index in [1.807, 2.05) is 34.6 Å². The molecular weight excluding hydrogens is 308 g/mol. The molecule has 0 bridgehead atoms. The van der Waals surface area contributed by atoms with E-state index in [4.69, 9.17) is 0 Å². The van der Waals surface area contributed by atoms with Crippen LogP contribution >= 0.6 is 0 Å². The van der Waals surface area contributed by atoms with E-state index < -0.39 is 10.8 Å². The molecule has 1 N–H and O–H groups in total. The molecule has 24 heavy (non-hydrogen) atoms. The Morgan fingerprint density at radius 3 is 2.50 bits per heavy atom. The molecule has 2 rings (SSSR count). The summed E-state index contributed by atoms with van der Waals surface area (Å²) in [6.07, 6.45) is 1.60. The number of nitro groups is 1. The van der Waals surface area contributed by atoms with E-state index in [1.165, 1.54) is 6.07 Å². The Kier molecular flexibility index (Phi) is 4.73. The second kappa shape index (κ2) is 6.43. The van der Waals surface area contributed by atoms with Crippen molar-refractivity contribution in [3.63, 3.8) is 0 Å². The van der Waals surface area contributed by atoms with Gasteiger partial charge in [-0.05, 0) is 25.3 Å². The number of hydrogen-bond donors (Lipinski definition) is 1. The highest BCUT2D eigenvalue weighted by atomic mass is 16.6. The number of rotatable bonds is 4. The van der Waals surface area contributed by atoms with E-state index in [1.54, 1.807) is 29.1 Å². The molecule has 1 heterocycles. The van der Waals surface area contributed by atoms with Crippen molar-refractivity contribution in [1.29, 1.82) is 0 Å². The summed E-state index contributed by atoms with van der Waals surface area (Å²) in [7, 11) is 0. The van der Waals surface area contributed by atoms with Crippen molar-refractivity contribution in [2.24, 2.45) is 0 Å². The van der Waals surface area contributed by atoms with Gasteiger partial charge in [0.15, 0.2) is 0 Å². The van der Waals surface area contributed by atoms with Crippen molar-refractivity contribution in [3.05, 3.63) is 51.7 Å². The van der Waals surface area contributed by atoms with Crippen LogP contribution in [0.4, 0.5) is 11.5 Å². The second-order valence-electron chi connectivity index (χ2n) is 6.95. The van der Waals surface area contributed by atoms with Crippen molar-refractivity contribution in [2.45, 2.75) is 46.1 Å². The molecule has 0 aliphatic carbocycles. The number of hydrogen-bond acceptors (Lipinski definition) is 4. The second-order valence-corrected chi connectivity index (χ2v) is 6.95. The zero-order valence-electron chi connectivity index (χ0n) is 14.5. The van der Waals surface area contributed by atoms with Gasteiger partial charge in [0.05, 0.1) is 11.1 Å². The third-order valence-electron chi connectivity index (χ3n) is 3.67. The number of aromatic nitrogens is 2. The standard InChI is InChI=1S/C17H22N4O3/c1-11(2)20-15(8-9-18-20)19-16(22)12-6-7-13(17(3,4)5)14(10-12)21(23)24/h6-11H,1-5H3,(H,19,22). The van der Waals surface area contributed by atoms with E-state index in [9.17, 15) is 14.9 Å². The SMILES string of the molecule is CC(C)n1nccc1NC(=O)c1ccc(C(C)(C)C)c([N+](=O)[O-])c1. The van der Waals surface area contributed by atoms with Gasteiger partial charge in [-0.25, -0.2) is 4.68 Å². The zero-order chi connectivity index (χ0) is 18.1. The maximum Gasteiger partial charge on any atom is 0.273 e. The largest absolute Gasteiger partial charge is 0.307 e. The highest BCUT2D eigenvalue weighted by molar-refractivity contribution is 6.04. The van der Waals surface area contributed by atoms with Crippen LogP contribution < -0.4 is 5.32 Å². The van der Waals surface area contributed by atoms with Gasteiger partial charge in [-0.15, -0.1) is 0 Å². The molecular formula is C17H22N4O3. The van der Waals surface area contributed by atoms with E-state index in [-0.39, 0.29) is 22.7 Å². The van der Waals surface area contributed by atoms with E-state index in [0.717, 1.165) is 0 Å². The lowest BCUT2D eigenvalue weighted by Gasteiger charge is -2.19. The van der Waals surface area contributed by atoms with Gasteiger partial charge in [0.1, 0.15) is 5.82 Å². The molecule has 0 aliphatic heterocycles. The van der Waals surface area contributed by atoms with Crippen LogP contribution in [-0.4, -0.2) is 20.6 Å². The molecule has 7 nitrogen and oxygen atoms in total. The molecule has 0 spiro atoms. The van der Waals surface area contributed by atoms with E-state index >= 15 is 0 Å². The Bertz CT molecular complexity index is 772. The number of nitrogens with one attached hydrogen (secondary N) is 1. The van der Waals surface area contributed by atoms with Gasteiger partial charge in [0, 0.05) is 29.3 Å². The van der Waals surface area contributed by atoms with Crippen molar-refractivity contribution in [2.75, 3.05) is 5.32 Å². The van der Waals surface area contributed by atoms with Crippen LogP contribution in [0.5, 0.6) is 0 Å². The van der Waals surface area contributed by atoms with Crippen LogP contribution in [-0.2, 0) is 5.41 Å². The summed E-state index contributed by atoms with van der Waals surface area (Å²) in [4.78, 5) is 23.4. The summed E-state index contributed by atoms with van der Waals surface area (Å²) >= 11 is 0. The zero-order valence-corrected chi connectivity index (χ0v) is 14.5. The number of carbonyl (C=O) groups is 1. The lowest BCUT2D eigenvalue weighted by atomic mass is 9.85. The van der Waals surface area contributed by atoms with E-state index in [0.29, 0.717) is 11.4 Å². The number of anilines is 1. The van der Waals surface area contributed by atoms with Crippen LogP contribution in [0.2, 0.25) is 0 Å². The van der Waals surface area contributed by atoms with E-state index in [2.05, 4.69) is 10.4 Å². The third-order valence-corrected chi connectivity index (χ3v) is 3.67. The smallest absolute Gasteiger partial charge is 0.273 e. The van der Waals surface area contributed by atoms with Gasteiger partial charge in [-0.3, -0.25) is 14.9 Å². The molecule has 1 amide bonds. The Labute approximate surface area is 140 Å². The minimum atomic E-state index is -0.449. The molecule has 7 heteroatoms. The lowest BCUT2D eigenvalue weighted by Crippen LogP contribution is -2.18. The lowest BCUT2D eigenvalue weighted by molar-refractivity contribution is -0.386. The van der Waals surface area contributed by atoms with Crippen LogP contribution in [0, 0.1) is 10.1 Å². The van der Waals surface area contributed by atoms with Crippen molar-refractivity contribution >= 4 is 17.4 Å². The summed E-state index contributed by atoms with van der Waals surface area (Å²) < 4.78 is 1.68. The summed E-state index contributed by atoms with van der Waals surface area (Å²) in [6.45, 7) is 9.60. The molecule has 0 radical (unpaired) electrons. The number of amides is 1. The average Bonchev–Trinajstić information content (AvgIpc) is 2.93. The predicted molar refractivity (Wildman–Crippen MR) is 92.4 cm³/mol. The van der Waals surface area contributed by atoms with Gasteiger partial charge >= 0.3 is 0 Å². The molecule has 0 saturated carbocycles. The highest BCUT2D eigenvalue weighted by Crippen LogP contribution is 2.32. The predicted octanol–water partition coefficient (Wildman–Crippen LogP) is 3.92. The quantitative estimate of drug-likeness (QED) is 0.679. The Balaban J connectivity index is 2.35. The maximum atomic E-state index is 12.4. The first kappa shape index (κ1) is 17.7. The first-order valence-electron chi connectivity index (χ1n) is 7.75. The fraction of sp³-hybridized carbons (Fsp3) is 0.412. The molecule has 1 aromatic heterocycles. The number of nitro benzene ring substituents is 1. The van der Waals surface area contributed by atoms with Crippen LogP contribution in [0.15, 0.2) is 30.5 Å². The highest BCUT2D eigenvalue weighted by Gasteiger charge is 2.26. The summed E-state index contributed by atoms with van der Waals surface area (Å²) in [5.41, 5.74) is 0.406. The van der Waals surface area contributed by atoms with Crippen LogP contribution in [0.3, 0.4) is 0 Å². The molecule has 2 aromatic rings. The fourth-order valence-corrected chi connectivity index (χ4v) is 2.47. The normalized spacial score (nSPS) is 11.6. The van der Waals surface area contributed by atoms with Crippen molar-refractivity contribution in [3.8, 4) is 0 Å².